The Labute approximate surface area is 172 Å². The molecule has 2 aliphatic rings. The van der Waals surface area contributed by atoms with Crippen LogP contribution in [-0.4, -0.2) is 87.1 Å². The standard InChI is InChI=1S/C20H29N3O5S/c1-2-28-20(25)22-11-9-21(10-12-22)15-19(24)23(14-17-6-4-3-5-7-17)18-8-13-29(26,27)16-18/h3-7,18H,2,8-16H2,1H3/p+1/t18-/m0/s1. The maximum Gasteiger partial charge on any atom is 0.410 e. The number of piperazine rings is 1. The Morgan fingerprint density at radius 2 is 1.90 bits per heavy atom. The average Bonchev–Trinajstić information content (AvgIpc) is 3.07. The molecule has 3 rings (SSSR count). The molecule has 0 aliphatic carbocycles. The van der Waals surface area contributed by atoms with E-state index in [1.165, 1.54) is 0 Å². The van der Waals surface area contributed by atoms with E-state index in [0.717, 1.165) is 10.5 Å². The number of ether oxygens (including phenoxy) is 1. The van der Waals surface area contributed by atoms with Gasteiger partial charge in [-0.25, -0.2) is 13.2 Å². The Balaban J connectivity index is 1.62. The van der Waals surface area contributed by atoms with Gasteiger partial charge in [0, 0.05) is 12.6 Å². The number of amides is 2. The fraction of sp³-hybridized carbons (Fsp3) is 0.600. The van der Waals surface area contributed by atoms with Gasteiger partial charge in [0.1, 0.15) is 0 Å². The van der Waals surface area contributed by atoms with Gasteiger partial charge in [0.05, 0.1) is 44.3 Å². The van der Waals surface area contributed by atoms with Gasteiger partial charge >= 0.3 is 6.09 Å². The first-order chi connectivity index (χ1) is 13.9. The van der Waals surface area contributed by atoms with Crippen LogP contribution in [0.3, 0.4) is 0 Å². The summed E-state index contributed by atoms with van der Waals surface area (Å²) in [4.78, 5) is 29.5. The van der Waals surface area contributed by atoms with Crippen molar-refractivity contribution in [3.63, 3.8) is 0 Å². The highest BCUT2D eigenvalue weighted by molar-refractivity contribution is 7.91. The van der Waals surface area contributed by atoms with Crippen LogP contribution in [0.15, 0.2) is 30.3 Å². The van der Waals surface area contributed by atoms with E-state index < -0.39 is 9.84 Å². The largest absolute Gasteiger partial charge is 0.450 e. The maximum absolute atomic E-state index is 13.1. The number of nitrogens with zero attached hydrogens (tertiary/aromatic N) is 2. The lowest BCUT2D eigenvalue weighted by Gasteiger charge is -2.34. The number of hydrogen-bond donors (Lipinski definition) is 1. The van der Waals surface area contributed by atoms with Gasteiger partial charge in [0.2, 0.25) is 0 Å². The molecule has 8 nitrogen and oxygen atoms in total. The molecule has 0 aromatic heterocycles. The molecular formula is C20H30N3O5S+. The van der Waals surface area contributed by atoms with Crippen LogP contribution < -0.4 is 4.90 Å². The van der Waals surface area contributed by atoms with Gasteiger partial charge < -0.3 is 14.5 Å². The zero-order chi connectivity index (χ0) is 20.9. The molecule has 160 valence electrons. The summed E-state index contributed by atoms with van der Waals surface area (Å²) < 4.78 is 29.0. The van der Waals surface area contributed by atoms with Crippen molar-refractivity contribution in [2.24, 2.45) is 0 Å². The average molecular weight is 425 g/mol. The molecule has 2 fully saturated rings. The van der Waals surface area contributed by atoms with Crippen molar-refractivity contribution in [2.75, 3.05) is 50.8 Å². The third kappa shape index (κ3) is 5.93. The number of hydrogen-bond acceptors (Lipinski definition) is 5. The van der Waals surface area contributed by atoms with Gasteiger partial charge in [-0.1, -0.05) is 30.3 Å². The minimum atomic E-state index is -3.08. The molecule has 9 heteroatoms. The summed E-state index contributed by atoms with van der Waals surface area (Å²) in [7, 11) is -3.08. The van der Waals surface area contributed by atoms with Crippen molar-refractivity contribution >= 4 is 21.8 Å². The molecular weight excluding hydrogens is 394 g/mol. The summed E-state index contributed by atoms with van der Waals surface area (Å²) in [6, 6.07) is 9.39. The van der Waals surface area contributed by atoms with Crippen molar-refractivity contribution in [2.45, 2.75) is 25.9 Å². The summed E-state index contributed by atoms with van der Waals surface area (Å²) in [6.45, 7) is 5.31. The molecule has 0 saturated carbocycles. The lowest BCUT2D eigenvalue weighted by Crippen LogP contribution is -3.15. The fourth-order valence-electron chi connectivity index (χ4n) is 3.93. The van der Waals surface area contributed by atoms with Gasteiger partial charge in [0.15, 0.2) is 16.4 Å². The van der Waals surface area contributed by atoms with E-state index in [1.807, 2.05) is 30.3 Å². The first kappa shape index (κ1) is 21.6. The van der Waals surface area contributed by atoms with Crippen molar-refractivity contribution in [1.29, 1.82) is 0 Å². The van der Waals surface area contributed by atoms with Crippen molar-refractivity contribution in [1.82, 2.24) is 9.80 Å². The number of rotatable bonds is 6. The zero-order valence-electron chi connectivity index (χ0n) is 16.9. The number of benzene rings is 1. The van der Waals surface area contributed by atoms with E-state index in [4.69, 9.17) is 4.74 Å². The molecule has 2 saturated heterocycles. The molecule has 29 heavy (non-hydrogen) atoms. The predicted molar refractivity (Wildman–Crippen MR) is 108 cm³/mol. The van der Waals surface area contributed by atoms with Crippen LogP contribution in [0, 0.1) is 0 Å². The highest BCUT2D eigenvalue weighted by Crippen LogP contribution is 2.20. The highest BCUT2D eigenvalue weighted by Gasteiger charge is 2.36. The van der Waals surface area contributed by atoms with Crippen LogP contribution in [0.1, 0.15) is 18.9 Å². The van der Waals surface area contributed by atoms with Gasteiger partial charge in [-0.2, -0.15) is 0 Å². The number of quaternary nitrogens is 1. The highest BCUT2D eigenvalue weighted by atomic mass is 32.2. The molecule has 0 radical (unpaired) electrons. The van der Waals surface area contributed by atoms with Crippen molar-refractivity contribution in [3.8, 4) is 0 Å². The van der Waals surface area contributed by atoms with Crippen LogP contribution in [0.2, 0.25) is 0 Å². The molecule has 1 aromatic carbocycles. The van der Waals surface area contributed by atoms with Crippen LogP contribution in [0.5, 0.6) is 0 Å². The van der Waals surface area contributed by atoms with Crippen molar-refractivity contribution in [3.05, 3.63) is 35.9 Å². The van der Waals surface area contributed by atoms with Gasteiger partial charge in [-0.05, 0) is 18.9 Å². The van der Waals surface area contributed by atoms with E-state index in [0.29, 0.717) is 52.3 Å². The summed E-state index contributed by atoms with van der Waals surface area (Å²) in [5.41, 5.74) is 0.993. The predicted octanol–water partition coefficient (Wildman–Crippen LogP) is -0.441. The molecule has 2 aliphatic heterocycles. The minimum absolute atomic E-state index is 0.0319. The fourth-order valence-corrected chi connectivity index (χ4v) is 5.67. The van der Waals surface area contributed by atoms with Gasteiger partial charge in [-0.3, -0.25) is 9.69 Å². The minimum Gasteiger partial charge on any atom is -0.450 e. The third-order valence-corrected chi connectivity index (χ3v) is 7.31. The van der Waals surface area contributed by atoms with Gasteiger partial charge in [0.25, 0.3) is 5.91 Å². The van der Waals surface area contributed by atoms with E-state index >= 15 is 0 Å². The van der Waals surface area contributed by atoms with Crippen LogP contribution >= 0.6 is 0 Å². The van der Waals surface area contributed by atoms with E-state index in [-0.39, 0.29) is 29.5 Å². The SMILES string of the molecule is CCOC(=O)N1CC[NH+](CC(=O)N(Cc2ccccc2)[C@H]2CCS(=O)(=O)C2)CC1. The maximum atomic E-state index is 13.1. The lowest BCUT2D eigenvalue weighted by atomic mass is 10.1. The zero-order valence-corrected chi connectivity index (χ0v) is 17.7. The Hall–Kier alpha value is -2.13. The molecule has 0 spiro atoms. The lowest BCUT2D eigenvalue weighted by molar-refractivity contribution is -0.896. The van der Waals surface area contributed by atoms with Crippen molar-refractivity contribution < 1.29 is 27.6 Å². The monoisotopic (exact) mass is 424 g/mol. The summed E-state index contributed by atoms with van der Waals surface area (Å²) in [5, 5.41) is 0. The number of nitrogens with one attached hydrogen (secondary N) is 1. The van der Waals surface area contributed by atoms with Crippen LogP contribution in [0.4, 0.5) is 4.79 Å². The number of carbonyl (C=O) groups is 2. The Morgan fingerprint density at radius 3 is 2.48 bits per heavy atom. The van der Waals surface area contributed by atoms with E-state index in [2.05, 4.69) is 0 Å². The number of carbonyl (C=O) groups excluding carboxylic acids is 2. The molecule has 0 unspecified atom stereocenters. The Bertz CT molecular complexity index is 807. The second-order valence-corrected chi connectivity index (χ2v) is 9.91. The first-order valence-electron chi connectivity index (χ1n) is 10.2. The molecule has 1 atom stereocenters. The van der Waals surface area contributed by atoms with Crippen LogP contribution in [0.25, 0.3) is 0 Å². The summed E-state index contributed by atoms with van der Waals surface area (Å²) >= 11 is 0. The molecule has 2 amide bonds. The van der Waals surface area contributed by atoms with Gasteiger partial charge in [-0.15, -0.1) is 0 Å². The second-order valence-electron chi connectivity index (χ2n) is 7.68. The molecule has 0 bridgehead atoms. The molecule has 1 N–H and O–H groups in total. The third-order valence-electron chi connectivity index (χ3n) is 5.56. The quantitative estimate of drug-likeness (QED) is 0.669. The summed E-state index contributed by atoms with van der Waals surface area (Å²) in [6.07, 6.45) is 0.187. The topological polar surface area (TPSA) is 88.4 Å². The normalized spacial score (nSPS) is 21.7. The molecule has 1 aromatic rings. The van der Waals surface area contributed by atoms with Crippen LogP contribution in [-0.2, 0) is 25.9 Å². The summed E-state index contributed by atoms with van der Waals surface area (Å²) in [5.74, 6) is 0.148. The Morgan fingerprint density at radius 1 is 1.21 bits per heavy atom. The smallest absolute Gasteiger partial charge is 0.410 e. The van der Waals surface area contributed by atoms with E-state index in [1.54, 1.807) is 16.7 Å². The molecule has 2 heterocycles. The number of sulfone groups is 1. The first-order valence-corrected chi connectivity index (χ1v) is 12.0. The Kier molecular flexibility index (Phi) is 7.13. The second kappa shape index (κ2) is 9.58. The van der Waals surface area contributed by atoms with E-state index in [9.17, 15) is 18.0 Å².